The van der Waals surface area contributed by atoms with Crippen LogP contribution in [0.3, 0.4) is 0 Å². The molecule has 0 unspecified atom stereocenters. The Morgan fingerprint density at radius 1 is 1.11 bits per heavy atom. The van der Waals surface area contributed by atoms with Crippen LogP contribution in [0.5, 0.6) is 0 Å². The van der Waals surface area contributed by atoms with Gasteiger partial charge in [0.2, 0.25) is 0 Å². The third kappa shape index (κ3) is 3.17. The lowest BCUT2D eigenvalue weighted by molar-refractivity contribution is 0.603. The highest BCUT2D eigenvalue weighted by Gasteiger charge is 2.16. The van der Waals surface area contributed by atoms with E-state index in [-0.39, 0.29) is 4.21 Å². The maximum atomic E-state index is 12.1. The van der Waals surface area contributed by atoms with Gasteiger partial charge in [0.15, 0.2) is 0 Å². The standard InChI is InChI=1S/C11H9Cl2NO2S2/c1-7-2-3-11(17-7)18(15,16)14-10-5-8(12)4-9(13)6-10/h2-6,14H,1H3. The third-order valence-corrected chi connectivity index (χ3v) is 5.41. The molecule has 0 bridgehead atoms. The summed E-state index contributed by atoms with van der Waals surface area (Å²) in [5.41, 5.74) is 0.346. The zero-order valence-electron chi connectivity index (χ0n) is 9.28. The molecule has 18 heavy (non-hydrogen) atoms. The average molecular weight is 322 g/mol. The summed E-state index contributed by atoms with van der Waals surface area (Å²) in [5.74, 6) is 0. The maximum absolute atomic E-state index is 12.1. The van der Waals surface area contributed by atoms with E-state index < -0.39 is 10.0 Å². The van der Waals surface area contributed by atoms with Gasteiger partial charge in [-0.15, -0.1) is 11.3 Å². The van der Waals surface area contributed by atoms with Crippen LogP contribution in [0.1, 0.15) is 4.88 Å². The minimum Gasteiger partial charge on any atom is -0.279 e. The van der Waals surface area contributed by atoms with Crippen LogP contribution in [0.25, 0.3) is 0 Å². The molecule has 0 aliphatic carbocycles. The van der Waals surface area contributed by atoms with E-state index in [4.69, 9.17) is 23.2 Å². The van der Waals surface area contributed by atoms with Gasteiger partial charge in [-0.05, 0) is 37.3 Å². The van der Waals surface area contributed by atoms with Crippen LogP contribution in [0.2, 0.25) is 10.0 Å². The van der Waals surface area contributed by atoms with Gasteiger partial charge in [0, 0.05) is 14.9 Å². The first kappa shape index (κ1) is 13.7. The Kier molecular flexibility index (Phi) is 3.87. The second-order valence-corrected chi connectivity index (χ2v) is 7.70. The molecule has 3 nitrogen and oxygen atoms in total. The molecule has 1 heterocycles. The number of halogens is 2. The summed E-state index contributed by atoms with van der Waals surface area (Å²) >= 11 is 12.8. The molecule has 0 aliphatic rings. The fourth-order valence-electron chi connectivity index (χ4n) is 1.37. The number of thiophene rings is 1. The predicted octanol–water partition coefficient (Wildman–Crippen LogP) is 4.16. The van der Waals surface area contributed by atoms with Gasteiger partial charge in [0.05, 0.1) is 5.69 Å². The molecular formula is C11H9Cl2NO2S2. The van der Waals surface area contributed by atoms with Gasteiger partial charge in [0.1, 0.15) is 4.21 Å². The van der Waals surface area contributed by atoms with Gasteiger partial charge in [-0.25, -0.2) is 8.42 Å². The number of sulfonamides is 1. The van der Waals surface area contributed by atoms with Crippen molar-refractivity contribution in [2.24, 2.45) is 0 Å². The fourth-order valence-corrected chi connectivity index (χ4v) is 4.22. The number of hydrogen-bond acceptors (Lipinski definition) is 3. The largest absolute Gasteiger partial charge is 0.279 e. The minimum atomic E-state index is -3.57. The zero-order chi connectivity index (χ0) is 13.3. The van der Waals surface area contributed by atoms with E-state index in [1.54, 1.807) is 12.1 Å². The van der Waals surface area contributed by atoms with E-state index in [9.17, 15) is 8.42 Å². The molecule has 0 saturated carbocycles. The molecule has 7 heteroatoms. The second kappa shape index (κ2) is 5.09. The van der Waals surface area contributed by atoms with E-state index in [0.29, 0.717) is 15.7 Å². The van der Waals surface area contributed by atoms with Gasteiger partial charge < -0.3 is 0 Å². The van der Waals surface area contributed by atoms with Crippen LogP contribution in [-0.2, 0) is 10.0 Å². The number of benzene rings is 1. The maximum Gasteiger partial charge on any atom is 0.271 e. The first-order chi connectivity index (χ1) is 8.37. The van der Waals surface area contributed by atoms with Crippen LogP contribution in [0, 0.1) is 6.92 Å². The van der Waals surface area contributed by atoms with E-state index in [1.807, 2.05) is 6.92 Å². The normalized spacial score (nSPS) is 11.5. The Bertz CT molecular complexity index is 660. The van der Waals surface area contributed by atoms with Crippen LogP contribution in [0.15, 0.2) is 34.5 Å². The van der Waals surface area contributed by atoms with E-state index in [2.05, 4.69) is 4.72 Å². The molecule has 0 amide bonds. The van der Waals surface area contributed by atoms with Crippen molar-refractivity contribution in [3.8, 4) is 0 Å². The Balaban J connectivity index is 2.33. The first-order valence-corrected chi connectivity index (χ1v) is 7.98. The highest BCUT2D eigenvalue weighted by molar-refractivity contribution is 7.94. The third-order valence-electron chi connectivity index (χ3n) is 2.10. The molecular weight excluding hydrogens is 313 g/mol. The Labute approximate surface area is 119 Å². The van der Waals surface area contributed by atoms with Crippen molar-refractivity contribution in [2.45, 2.75) is 11.1 Å². The Morgan fingerprint density at radius 3 is 2.22 bits per heavy atom. The average Bonchev–Trinajstić information content (AvgIpc) is 2.62. The summed E-state index contributed by atoms with van der Waals surface area (Å²) in [5, 5.41) is 0.755. The monoisotopic (exact) mass is 321 g/mol. The van der Waals surface area contributed by atoms with E-state index >= 15 is 0 Å². The van der Waals surface area contributed by atoms with Crippen LogP contribution in [0.4, 0.5) is 5.69 Å². The van der Waals surface area contributed by atoms with Crippen molar-refractivity contribution in [1.82, 2.24) is 0 Å². The highest BCUT2D eigenvalue weighted by atomic mass is 35.5. The lowest BCUT2D eigenvalue weighted by atomic mass is 10.3. The molecule has 0 aliphatic heterocycles. The molecule has 2 aromatic rings. The lowest BCUT2D eigenvalue weighted by Crippen LogP contribution is -2.11. The minimum absolute atomic E-state index is 0.260. The smallest absolute Gasteiger partial charge is 0.271 e. The summed E-state index contributed by atoms with van der Waals surface area (Å²) in [6.07, 6.45) is 0. The van der Waals surface area contributed by atoms with Crippen LogP contribution in [-0.4, -0.2) is 8.42 Å². The van der Waals surface area contributed by atoms with E-state index in [0.717, 1.165) is 4.88 Å². The van der Waals surface area contributed by atoms with Crippen molar-refractivity contribution >= 4 is 50.2 Å². The molecule has 1 aromatic carbocycles. The zero-order valence-corrected chi connectivity index (χ0v) is 12.4. The number of nitrogens with one attached hydrogen (secondary N) is 1. The summed E-state index contributed by atoms with van der Waals surface area (Å²) in [4.78, 5) is 0.930. The SMILES string of the molecule is Cc1ccc(S(=O)(=O)Nc2cc(Cl)cc(Cl)c2)s1. The van der Waals surface area contributed by atoms with Crippen molar-refractivity contribution < 1.29 is 8.42 Å². The van der Waals surface area contributed by atoms with Crippen molar-refractivity contribution in [3.63, 3.8) is 0 Å². The second-order valence-electron chi connectivity index (χ2n) is 3.63. The summed E-state index contributed by atoms with van der Waals surface area (Å²) in [6.45, 7) is 1.85. The van der Waals surface area contributed by atoms with Crippen molar-refractivity contribution in [2.75, 3.05) is 4.72 Å². The summed E-state index contributed by atoms with van der Waals surface area (Å²) in [7, 11) is -3.57. The number of hydrogen-bond donors (Lipinski definition) is 1. The van der Waals surface area contributed by atoms with Gasteiger partial charge in [-0.2, -0.15) is 0 Å². The number of rotatable bonds is 3. The molecule has 2 rings (SSSR count). The molecule has 0 atom stereocenters. The topological polar surface area (TPSA) is 46.2 Å². The Hall–Kier alpha value is -0.750. The molecule has 0 fully saturated rings. The highest BCUT2D eigenvalue weighted by Crippen LogP contribution is 2.27. The number of aryl methyl sites for hydroxylation is 1. The van der Waals surface area contributed by atoms with Crippen LogP contribution < -0.4 is 4.72 Å². The summed E-state index contributed by atoms with van der Waals surface area (Å²) in [6, 6.07) is 7.87. The van der Waals surface area contributed by atoms with E-state index in [1.165, 1.54) is 29.5 Å². The fraction of sp³-hybridized carbons (Fsp3) is 0.0909. The van der Waals surface area contributed by atoms with Gasteiger partial charge in [0.25, 0.3) is 10.0 Å². The molecule has 0 spiro atoms. The Morgan fingerprint density at radius 2 is 1.72 bits per heavy atom. The number of anilines is 1. The lowest BCUT2D eigenvalue weighted by Gasteiger charge is -2.07. The molecule has 1 aromatic heterocycles. The van der Waals surface area contributed by atoms with Gasteiger partial charge in [-0.1, -0.05) is 23.2 Å². The van der Waals surface area contributed by atoms with Gasteiger partial charge >= 0.3 is 0 Å². The van der Waals surface area contributed by atoms with Crippen LogP contribution >= 0.6 is 34.5 Å². The summed E-state index contributed by atoms with van der Waals surface area (Å²) < 4.78 is 26.8. The molecule has 0 saturated heterocycles. The predicted molar refractivity (Wildman–Crippen MR) is 76.3 cm³/mol. The van der Waals surface area contributed by atoms with Gasteiger partial charge in [-0.3, -0.25) is 4.72 Å². The van der Waals surface area contributed by atoms with Crippen molar-refractivity contribution in [1.29, 1.82) is 0 Å². The molecule has 96 valence electrons. The molecule has 1 N–H and O–H groups in total. The quantitative estimate of drug-likeness (QED) is 0.922. The first-order valence-electron chi connectivity index (χ1n) is 4.92. The molecule has 0 radical (unpaired) electrons. The van der Waals surface area contributed by atoms with Crippen molar-refractivity contribution in [3.05, 3.63) is 45.3 Å².